The van der Waals surface area contributed by atoms with Gasteiger partial charge in [-0.25, -0.2) is 14.4 Å². The third kappa shape index (κ3) is 6.14. The molecule has 4 N–H and O–H groups in total. The number of amides is 1. The summed E-state index contributed by atoms with van der Waals surface area (Å²) in [7, 11) is -4.59. The molecule has 1 aromatic heterocycles. The zero-order valence-electron chi connectivity index (χ0n) is 18.5. The van der Waals surface area contributed by atoms with E-state index in [1.807, 2.05) is 6.92 Å². The average Bonchev–Trinajstić information content (AvgIpc) is 3.21. The van der Waals surface area contributed by atoms with Crippen LogP contribution in [0.2, 0.25) is 5.02 Å². The smallest absolute Gasteiger partial charge is 0.334 e. The lowest BCUT2D eigenvalue weighted by Gasteiger charge is -2.14. The predicted octanol–water partition coefficient (Wildman–Crippen LogP) is 4.06. The first kappa shape index (κ1) is 25.0. The van der Waals surface area contributed by atoms with Gasteiger partial charge in [0.05, 0.1) is 39.5 Å². The summed E-state index contributed by atoms with van der Waals surface area (Å²) in [5.74, 6) is 4.90. The van der Waals surface area contributed by atoms with E-state index in [1.54, 1.807) is 12.1 Å². The average molecular weight is 519 g/mol. The first-order valence-electron chi connectivity index (χ1n) is 10.5. The summed E-state index contributed by atoms with van der Waals surface area (Å²) in [6.45, 7) is 3.02. The maximum absolute atomic E-state index is 14.4. The molecule has 0 saturated carbocycles. The van der Waals surface area contributed by atoms with Crippen molar-refractivity contribution in [3.63, 3.8) is 0 Å². The molecule has 1 aliphatic rings. The molecule has 2 heterocycles. The van der Waals surface area contributed by atoms with E-state index in [0.717, 1.165) is 6.42 Å². The first-order chi connectivity index (χ1) is 16.5. The molecule has 182 valence electrons. The van der Waals surface area contributed by atoms with Gasteiger partial charge in [-0.3, -0.25) is 9.36 Å². The fourth-order valence-corrected chi connectivity index (χ4v) is 4.13. The molecule has 0 spiro atoms. The number of fused-ring (bicyclic) bond motifs is 1. The number of hydrogen-bond donors (Lipinski definition) is 4. The van der Waals surface area contributed by atoms with Crippen molar-refractivity contribution in [1.29, 1.82) is 0 Å². The zero-order valence-corrected chi connectivity index (χ0v) is 20.2. The molecule has 1 atom stereocenters. The first-order valence-corrected chi connectivity index (χ1v) is 12.7. The molecular formula is C23H21ClFN4O5P. The number of nitrogens with zero attached hydrogens (tertiary/aromatic N) is 2. The number of rotatable bonds is 5. The Morgan fingerprint density at radius 1 is 1.31 bits per heavy atom. The maximum Gasteiger partial charge on any atom is 0.334 e. The Morgan fingerprint density at radius 2 is 2.11 bits per heavy atom. The van der Waals surface area contributed by atoms with E-state index >= 15 is 0 Å². The minimum absolute atomic E-state index is 0.0688. The number of aromatic nitrogens is 2. The Kier molecular flexibility index (Phi) is 7.08. The van der Waals surface area contributed by atoms with Crippen molar-refractivity contribution < 1.29 is 28.3 Å². The van der Waals surface area contributed by atoms with Gasteiger partial charge >= 0.3 is 7.60 Å². The molecule has 1 amide bonds. The van der Waals surface area contributed by atoms with Crippen LogP contribution in [0.4, 0.5) is 21.6 Å². The molecule has 1 aliphatic heterocycles. The van der Waals surface area contributed by atoms with Crippen LogP contribution in [0.15, 0.2) is 36.7 Å². The van der Waals surface area contributed by atoms with Gasteiger partial charge in [0.15, 0.2) is 5.82 Å². The molecule has 0 bridgehead atoms. The lowest BCUT2D eigenvalue weighted by atomic mass is 9.90. The molecule has 1 fully saturated rings. The van der Waals surface area contributed by atoms with Crippen molar-refractivity contribution in [3.05, 3.63) is 53.1 Å². The molecule has 2 aromatic carbocycles. The fourth-order valence-electron chi connectivity index (χ4n) is 3.50. The molecule has 9 nitrogen and oxygen atoms in total. The number of halogens is 2. The summed E-state index contributed by atoms with van der Waals surface area (Å²) in [4.78, 5) is 39.1. The van der Waals surface area contributed by atoms with Gasteiger partial charge in [0.2, 0.25) is 5.91 Å². The number of hydrogen-bond acceptors (Lipinski definition) is 6. The number of ether oxygens (including phenoxy) is 1. The second kappa shape index (κ2) is 9.90. The maximum atomic E-state index is 14.4. The summed E-state index contributed by atoms with van der Waals surface area (Å²) in [5.41, 5.74) is 0.765. The van der Waals surface area contributed by atoms with Crippen LogP contribution in [0.25, 0.3) is 10.9 Å². The van der Waals surface area contributed by atoms with E-state index in [4.69, 9.17) is 16.3 Å². The van der Waals surface area contributed by atoms with Crippen molar-refractivity contribution in [3.8, 4) is 11.8 Å². The summed E-state index contributed by atoms with van der Waals surface area (Å²) in [6.07, 6.45) is 1.05. The van der Waals surface area contributed by atoms with Gasteiger partial charge in [0.25, 0.3) is 0 Å². The van der Waals surface area contributed by atoms with Crippen LogP contribution in [0.5, 0.6) is 0 Å². The molecule has 12 heteroatoms. The van der Waals surface area contributed by atoms with Crippen LogP contribution in [-0.2, 0) is 14.1 Å². The lowest BCUT2D eigenvalue weighted by Crippen LogP contribution is -2.17. The Morgan fingerprint density at radius 3 is 2.83 bits per heavy atom. The van der Waals surface area contributed by atoms with E-state index in [1.165, 1.54) is 24.5 Å². The van der Waals surface area contributed by atoms with E-state index in [9.17, 15) is 23.5 Å². The monoisotopic (exact) mass is 518 g/mol. The van der Waals surface area contributed by atoms with Crippen molar-refractivity contribution in [2.45, 2.75) is 13.3 Å². The molecule has 4 rings (SSSR count). The number of nitrogens with one attached hydrogen (secondary N) is 2. The van der Waals surface area contributed by atoms with Gasteiger partial charge < -0.3 is 25.2 Å². The van der Waals surface area contributed by atoms with Crippen LogP contribution in [0, 0.1) is 23.1 Å². The standard InChI is InChI=1S/C23H21ClFN4O5P/c1-23(7-8-34-12-23)6-5-14-9-19-15(10-18(14)28-20(30)11-35(31,32)33)22(27-13-26-19)29-17-4-2-3-16(24)21(17)25/h2-4,9-10,13H,7-8,11-12H2,1H3,(H,28,30)(H,26,27,29)(H2,31,32,33). The second-order valence-electron chi connectivity index (χ2n) is 8.35. The van der Waals surface area contributed by atoms with E-state index in [-0.39, 0.29) is 27.6 Å². The Labute approximate surface area is 205 Å². The number of benzene rings is 2. The molecule has 1 saturated heterocycles. The van der Waals surface area contributed by atoms with Crippen molar-refractivity contribution in [2.75, 3.05) is 30.0 Å². The van der Waals surface area contributed by atoms with Crippen LogP contribution >= 0.6 is 19.2 Å². The highest BCUT2D eigenvalue weighted by Crippen LogP contribution is 2.35. The van der Waals surface area contributed by atoms with Crippen molar-refractivity contribution in [1.82, 2.24) is 9.97 Å². The Hall–Kier alpha value is -3.06. The van der Waals surface area contributed by atoms with E-state index < -0.39 is 25.5 Å². The SMILES string of the molecule is CC1(C#Cc2cc3ncnc(Nc4cccc(Cl)c4F)c3cc2NC(=O)CP(=O)(O)O)CCOC1. The highest BCUT2D eigenvalue weighted by atomic mass is 35.5. The van der Waals surface area contributed by atoms with Crippen molar-refractivity contribution in [2.24, 2.45) is 5.41 Å². The Bertz CT molecular complexity index is 1410. The highest BCUT2D eigenvalue weighted by molar-refractivity contribution is 7.52. The topological polar surface area (TPSA) is 134 Å². The third-order valence-electron chi connectivity index (χ3n) is 5.32. The predicted molar refractivity (Wildman–Crippen MR) is 130 cm³/mol. The molecule has 35 heavy (non-hydrogen) atoms. The fraction of sp³-hybridized carbons (Fsp3) is 0.261. The molecule has 0 aliphatic carbocycles. The third-order valence-corrected chi connectivity index (χ3v) is 6.31. The van der Waals surface area contributed by atoms with Gasteiger partial charge in [-0.15, -0.1) is 0 Å². The number of carbonyl (C=O) groups excluding carboxylic acids is 1. The lowest BCUT2D eigenvalue weighted by molar-refractivity contribution is -0.114. The van der Waals surface area contributed by atoms with Gasteiger partial charge in [-0.05, 0) is 37.6 Å². The van der Waals surface area contributed by atoms with E-state index in [2.05, 4.69) is 32.4 Å². The van der Waals surface area contributed by atoms with Gasteiger partial charge in [-0.1, -0.05) is 29.5 Å². The van der Waals surface area contributed by atoms with Gasteiger partial charge in [0, 0.05) is 12.0 Å². The minimum Gasteiger partial charge on any atom is -0.380 e. The summed E-state index contributed by atoms with van der Waals surface area (Å²) in [5, 5.41) is 5.74. The normalized spacial score (nSPS) is 17.6. The van der Waals surface area contributed by atoms with E-state index in [0.29, 0.717) is 29.7 Å². The largest absolute Gasteiger partial charge is 0.380 e. The number of anilines is 3. The second-order valence-corrected chi connectivity index (χ2v) is 10.4. The summed E-state index contributed by atoms with van der Waals surface area (Å²) < 4.78 is 31.2. The van der Waals surface area contributed by atoms with Gasteiger partial charge in [0.1, 0.15) is 18.3 Å². The molecule has 0 radical (unpaired) electrons. The van der Waals surface area contributed by atoms with Crippen molar-refractivity contribution >= 4 is 53.2 Å². The molecule has 3 aromatic rings. The minimum atomic E-state index is -4.59. The summed E-state index contributed by atoms with van der Waals surface area (Å²) >= 11 is 5.87. The number of carbonyl (C=O) groups is 1. The van der Waals surface area contributed by atoms with Crippen LogP contribution in [0.3, 0.4) is 0 Å². The Balaban J connectivity index is 1.79. The summed E-state index contributed by atoms with van der Waals surface area (Å²) in [6, 6.07) is 7.62. The zero-order chi connectivity index (χ0) is 25.2. The molecule has 1 unspecified atom stereocenters. The quantitative estimate of drug-likeness (QED) is 0.293. The van der Waals surface area contributed by atoms with Crippen LogP contribution in [0.1, 0.15) is 18.9 Å². The van der Waals surface area contributed by atoms with Crippen LogP contribution < -0.4 is 10.6 Å². The van der Waals surface area contributed by atoms with Crippen LogP contribution in [-0.4, -0.2) is 45.0 Å². The highest BCUT2D eigenvalue weighted by Gasteiger charge is 2.27. The molecular weight excluding hydrogens is 498 g/mol. The van der Waals surface area contributed by atoms with Gasteiger partial charge in [-0.2, -0.15) is 0 Å².